The molecule has 1 aromatic carbocycles. The van der Waals surface area contributed by atoms with Gasteiger partial charge in [-0.3, -0.25) is 9.98 Å². The van der Waals surface area contributed by atoms with Crippen molar-refractivity contribution < 1.29 is 17.7 Å². The maximum atomic E-state index is 12.7. The second-order valence-corrected chi connectivity index (χ2v) is 6.77. The molecule has 0 bridgehead atoms. The van der Waals surface area contributed by atoms with Crippen LogP contribution in [0.3, 0.4) is 0 Å². The van der Waals surface area contributed by atoms with Crippen molar-refractivity contribution in [3.05, 3.63) is 65.6 Å². The van der Waals surface area contributed by atoms with Crippen LogP contribution in [0.25, 0.3) is 11.6 Å². The minimum Gasteiger partial charge on any atom is -0.357 e. The maximum absolute atomic E-state index is 12.7. The Bertz CT molecular complexity index is 986. The number of aliphatic imine (C=N–C) groups is 1. The van der Waals surface area contributed by atoms with Gasteiger partial charge in [0.25, 0.3) is 5.89 Å². The number of guanidine groups is 1. The normalized spacial score (nSPS) is 12.1. The highest BCUT2D eigenvalue weighted by Gasteiger charge is 2.29. The molecule has 0 aliphatic heterocycles. The van der Waals surface area contributed by atoms with Gasteiger partial charge >= 0.3 is 6.18 Å². The van der Waals surface area contributed by atoms with Crippen molar-refractivity contribution in [1.29, 1.82) is 0 Å². The number of pyridine rings is 1. The van der Waals surface area contributed by atoms with Crippen molar-refractivity contribution in [3.63, 3.8) is 0 Å². The Balaban J connectivity index is 1.60. The predicted octanol–water partition coefficient (Wildman–Crippen LogP) is 3.79. The fourth-order valence-corrected chi connectivity index (χ4v) is 2.83. The summed E-state index contributed by atoms with van der Waals surface area (Å²) < 4.78 is 43.4. The average molecular weight is 432 g/mol. The van der Waals surface area contributed by atoms with Gasteiger partial charge < -0.3 is 14.7 Å². The fraction of sp³-hybridized carbons (Fsp3) is 0.333. The number of hydrogen-bond acceptors (Lipinski definition) is 5. The zero-order valence-electron chi connectivity index (χ0n) is 17.2. The van der Waals surface area contributed by atoms with Gasteiger partial charge in [0.05, 0.1) is 5.56 Å². The standard InChI is InChI=1S/C21H23F3N6O/c1-3-25-20(30(2)14-15-7-9-16(10-8-15)21(22,23)24)27-13-11-18-28-19(31-29-18)17-6-4-5-12-26-17/h4-10,12H,3,11,13-14H2,1-2H3,(H,25,27). The first-order chi connectivity index (χ1) is 14.9. The van der Waals surface area contributed by atoms with Crippen LogP contribution in [0.2, 0.25) is 0 Å². The van der Waals surface area contributed by atoms with Gasteiger partial charge in [-0.25, -0.2) is 0 Å². The summed E-state index contributed by atoms with van der Waals surface area (Å²) in [5, 5.41) is 7.13. The zero-order chi connectivity index (χ0) is 22.3. The summed E-state index contributed by atoms with van der Waals surface area (Å²) in [7, 11) is 1.83. The molecule has 1 N–H and O–H groups in total. The number of rotatable bonds is 7. The molecule has 2 aromatic heterocycles. The Morgan fingerprint density at radius 3 is 2.58 bits per heavy atom. The second-order valence-electron chi connectivity index (χ2n) is 6.77. The van der Waals surface area contributed by atoms with E-state index in [0.29, 0.717) is 49.4 Å². The van der Waals surface area contributed by atoms with Crippen LogP contribution in [-0.2, 0) is 19.1 Å². The molecule has 0 atom stereocenters. The highest BCUT2D eigenvalue weighted by atomic mass is 19.4. The average Bonchev–Trinajstić information content (AvgIpc) is 3.22. The highest BCUT2D eigenvalue weighted by Crippen LogP contribution is 2.29. The molecular formula is C21H23F3N6O. The van der Waals surface area contributed by atoms with E-state index in [4.69, 9.17) is 4.52 Å². The van der Waals surface area contributed by atoms with Crippen molar-refractivity contribution >= 4 is 5.96 Å². The van der Waals surface area contributed by atoms with Crippen LogP contribution in [0.5, 0.6) is 0 Å². The van der Waals surface area contributed by atoms with Crippen LogP contribution >= 0.6 is 0 Å². The van der Waals surface area contributed by atoms with E-state index in [2.05, 4.69) is 25.4 Å². The molecule has 31 heavy (non-hydrogen) atoms. The summed E-state index contributed by atoms with van der Waals surface area (Å²) in [5.74, 6) is 1.51. The summed E-state index contributed by atoms with van der Waals surface area (Å²) in [4.78, 5) is 14.9. The van der Waals surface area contributed by atoms with E-state index >= 15 is 0 Å². The Morgan fingerprint density at radius 1 is 1.16 bits per heavy atom. The number of halogens is 3. The highest BCUT2D eigenvalue weighted by molar-refractivity contribution is 5.79. The summed E-state index contributed by atoms with van der Waals surface area (Å²) in [6.07, 6.45) is -2.22. The van der Waals surface area contributed by atoms with Crippen LogP contribution in [0, 0.1) is 0 Å². The predicted molar refractivity (Wildman–Crippen MR) is 110 cm³/mol. The van der Waals surface area contributed by atoms with Crippen molar-refractivity contribution in [2.24, 2.45) is 4.99 Å². The van der Waals surface area contributed by atoms with Crippen molar-refractivity contribution in [1.82, 2.24) is 25.3 Å². The molecule has 10 heteroatoms. The molecule has 0 saturated heterocycles. The van der Waals surface area contributed by atoms with Gasteiger partial charge in [-0.05, 0) is 36.8 Å². The quantitative estimate of drug-likeness (QED) is 0.452. The first-order valence-corrected chi connectivity index (χ1v) is 9.76. The molecule has 0 amide bonds. The molecule has 7 nitrogen and oxygen atoms in total. The number of hydrogen-bond donors (Lipinski definition) is 1. The Kier molecular flexibility index (Phi) is 7.22. The molecule has 0 saturated carbocycles. The molecule has 2 heterocycles. The summed E-state index contributed by atoms with van der Waals surface area (Å²) >= 11 is 0. The summed E-state index contributed by atoms with van der Waals surface area (Å²) in [6, 6.07) is 10.5. The lowest BCUT2D eigenvalue weighted by molar-refractivity contribution is -0.137. The van der Waals surface area contributed by atoms with Gasteiger partial charge in [-0.2, -0.15) is 18.2 Å². The lowest BCUT2D eigenvalue weighted by atomic mass is 10.1. The smallest absolute Gasteiger partial charge is 0.357 e. The van der Waals surface area contributed by atoms with Gasteiger partial charge in [0.1, 0.15) is 5.69 Å². The SMILES string of the molecule is CCNC(=NCCc1noc(-c2ccccn2)n1)N(C)Cc1ccc(C(F)(F)F)cc1. The number of nitrogens with zero attached hydrogens (tertiary/aromatic N) is 5. The van der Waals surface area contributed by atoms with E-state index in [1.165, 1.54) is 12.1 Å². The minimum absolute atomic E-state index is 0.353. The molecule has 0 radical (unpaired) electrons. The monoisotopic (exact) mass is 432 g/mol. The van der Waals surface area contributed by atoms with Gasteiger partial charge in [0, 0.05) is 39.3 Å². The Labute approximate surface area is 178 Å². The molecule has 0 spiro atoms. The number of aromatic nitrogens is 3. The van der Waals surface area contributed by atoms with Crippen LogP contribution in [-0.4, -0.2) is 46.1 Å². The first-order valence-electron chi connectivity index (χ1n) is 9.76. The van der Waals surface area contributed by atoms with Crippen molar-refractivity contribution in [2.45, 2.75) is 26.1 Å². The number of alkyl halides is 3. The molecule has 0 aliphatic carbocycles. The third-order valence-corrected chi connectivity index (χ3v) is 4.35. The molecular weight excluding hydrogens is 409 g/mol. The van der Waals surface area contributed by atoms with E-state index in [0.717, 1.165) is 17.7 Å². The second kappa shape index (κ2) is 10.1. The number of nitrogens with one attached hydrogen (secondary N) is 1. The third-order valence-electron chi connectivity index (χ3n) is 4.35. The van der Waals surface area contributed by atoms with Gasteiger partial charge in [0.15, 0.2) is 11.8 Å². The molecule has 0 aliphatic rings. The Hall–Kier alpha value is -3.43. The third kappa shape index (κ3) is 6.27. The van der Waals surface area contributed by atoms with Crippen LogP contribution < -0.4 is 5.32 Å². The van der Waals surface area contributed by atoms with E-state index in [1.54, 1.807) is 18.3 Å². The van der Waals surface area contributed by atoms with Crippen LogP contribution in [0.15, 0.2) is 58.2 Å². The van der Waals surface area contributed by atoms with Crippen molar-refractivity contribution in [2.75, 3.05) is 20.1 Å². The molecule has 0 unspecified atom stereocenters. The van der Waals surface area contributed by atoms with E-state index < -0.39 is 11.7 Å². The topological polar surface area (TPSA) is 79.4 Å². The van der Waals surface area contributed by atoms with Gasteiger partial charge in [-0.15, -0.1) is 0 Å². The van der Waals surface area contributed by atoms with Gasteiger partial charge in [0.2, 0.25) is 0 Å². The molecule has 3 aromatic rings. The zero-order valence-corrected chi connectivity index (χ0v) is 17.2. The van der Waals surface area contributed by atoms with Crippen LogP contribution in [0.1, 0.15) is 23.9 Å². The van der Waals surface area contributed by atoms with Crippen LogP contribution in [0.4, 0.5) is 13.2 Å². The lowest BCUT2D eigenvalue weighted by Crippen LogP contribution is -2.38. The number of benzene rings is 1. The maximum Gasteiger partial charge on any atom is 0.416 e. The fourth-order valence-electron chi connectivity index (χ4n) is 2.83. The largest absolute Gasteiger partial charge is 0.416 e. The molecule has 3 rings (SSSR count). The van der Waals surface area contributed by atoms with Gasteiger partial charge in [-0.1, -0.05) is 23.4 Å². The summed E-state index contributed by atoms with van der Waals surface area (Å²) in [6.45, 7) is 3.43. The lowest BCUT2D eigenvalue weighted by Gasteiger charge is -2.22. The minimum atomic E-state index is -4.34. The van der Waals surface area contributed by atoms with Crippen molar-refractivity contribution in [3.8, 4) is 11.6 Å². The summed E-state index contributed by atoms with van der Waals surface area (Å²) in [5.41, 5.74) is 0.693. The molecule has 0 fully saturated rings. The van der Waals surface area contributed by atoms with E-state index in [-0.39, 0.29) is 0 Å². The van der Waals surface area contributed by atoms with E-state index in [1.807, 2.05) is 24.9 Å². The molecule has 164 valence electrons. The first kappa shape index (κ1) is 22.3. The Morgan fingerprint density at radius 2 is 1.94 bits per heavy atom. The van der Waals surface area contributed by atoms with E-state index in [9.17, 15) is 13.2 Å².